The molecule has 0 saturated heterocycles. The summed E-state index contributed by atoms with van der Waals surface area (Å²) in [7, 11) is 0. The fraction of sp³-hybridized carbons (Fsp3) is 0.294. The highest BCUT2D eigenvalue weighted by atomic mass is 15.3. The average molecular weight is 693 g/mol. The largest absolute Gasteiger partial charge is 0.327 e. The minimum Gasteiger partial charge on any atom is -0.327 e. The SMILES string of the molecule is CCC1(CC)c2cc3c(cc2-c2cc4c(cc21)C4(CC)N(c1ccc(C)cc1)c1ccc(C)cc1)C3(CC)N(c1ccc(C)cc1)c1ccc(C)cc1. The predicted molar refractivity (Wildman–Crippen MR) is 224 cm³/mol. The van der Waals surface area contributed by atoms with E-state index in [1.807, 2.05) is 0 Å². The van der Waals surface area contributed by atoms with Gasteiger partial charge in [0.1, 0.15) is 0 Å². The number of anilines is 4. The molecule has 266 valence electrons. The van der Waals surface area contributed by atoms with E-state index in [4.69, 9.17) is 0 Å². The van der Waals surface area contributed by atoms with E-state index in [1.54, 1.807) is 0 Å². The van der Waals surface area contributed by atoms with Crippen LogP contribution in [0.2, 0.25) is 0 Å². The summed E-state index contributed by atoms with van der Waals surface area (Å²) in [5.41, 5.74) is 21.7. The van der Waals surface area contributed by atoms with Crippen molar-refractivity contribution in [3.05, 3.63) is 177 Å². The van der Waals surface area contributed by atoms with Gasteiger partial charge in [-0.25, -0.2) is 0 Å². The molecule has 0 radical (unpaired) electrons. The lowest BCUT2D eigenvalue weighted by Gasteiger charge is -2.35. The standard InChI is InChI=1S/C51H52N2/c1-9-49(10-2)43-31-47-45(50(47,11-3)52(37-21-13-33(5)14-22-37)38-23-15-34(6)16-24-38)29-41(43)42-30-46-48(32-44(42)49)51(46,12-4)53(39-25-17-35(7)18-26-39)40-27-19-36(8)20-28-40/h13-32H,9-12H2,1-8H3. The van der Waals surface area contributed by atoms with Gasteiger partial charge in [0, 0.05) is 28.2 Å². The third-order valence-corrected chi connectivity index (χ3v) is 13.5. The minimum absolute atomic E-state index is 0.0179. The number of nitrogens with zero attached hydrogens (tertiary/aromatic N) is 2. The Labute approximate surface area is 317 Å². The maximum absolute atomic E-state index is 2.63. The fourth-order valence-electron chi connectivity index (χ4n) is 10.3. The van der Waals surface area contributed by atoms with E-state index in [-0.39, 0.29) is 16.5 Å². The van der Waals surface area contributed by atoms with Gasteiger partial charge < -0.3 is 9.80 Å². The molecule has 0 spiro atoms. The van der Waals surface area contributed by atoms with Gasteiger partial charge in [-0.3, -0.25) is 0 Å². The van der Waals surface area contributed by atoms with E-state index in [1.165, 1.54) is 89.5 Å². The van der Waals surface area contributed by atoms with Crippen LogP contribution in [0.1, 0.15) is 109 Å². The summed E-state index contributed by atoms with van der Waals surface area (Å²) < 4.78 is 0. The van der Waals surface area contributed by atoms with Crippen LogP contribution in [0, 0.1) is 27.7 Å². The summed E-state index contributed by atoms with van der Waals surface area (Å²) in [5, 5.41) is 0. The lowest BCUT2D eigenvalue weighted by Crippen LogP contribution is -2.32. The van der Waals surface area contributed by atoms with Gasteiger partial charge in [0.25, 0.3) is 0 Å². The van der Waals surface area contributed by atoms with Crippen molar-refractivity contribution < 1.29 is 0 Å². The summed E-state index contributed by atoms with van der Waals surface area (Å²) in [6, 6.07) is 47.0. The maximum atomic E-state index is 2.63. The van der Waals surface area contributed by atoms with Crippen LogP contribution in [0.5, 0.6) is 0 Å². The lowest BCUT2D eigenvalue weighted by molar-refractivity contribution is 0.489. The van der Waals surface area contributed by atoms with Crippen molar-refractivity contribution in [2.24, 2.45) is 0 Å². The number of fused-ring (bicyclic) bond motifs is 5. The zero-order chi connectivity index (χ0) is 36.9. The highest BCUT2D eigenvalue weighted by Gasteiger charge is 2.59. The molecule has 0 saturated carbocycles. The summed E-state index contributed by atoms with van der Waals surface area (Å²) in [5.74, 6) is 0. The molecule has 0 bridgehead atoms. The topological polar surface area (TPSA) is 6.48 Å². The van der Waals surface area contributed by atoms with Crippen LogP contribution in [0.3, 0.4) is 0 Å². The maximum Gasteiger partial charge on any atom is 0.0960 e. The Morgan fingerprint density at radius 3 is 0.849 bits per heavy atom. The third kappa shape index (κ3) is 4.64. The Bertz CT molecular complexity index is 2100. The minimum atomic E-state index is -0.175. The fourth-order valence-corrected chi connectivity index (χ4v) is 10.3. The third-order valence-electron chi connectivity index (χ3n) is 13.5. The number of rotatable bonds is 10. The second-order valence-electron chi connectivity index (χ2n) is 16.1. The monoisotopic (exact) mass is 692 g/mol. The molecule has 3 aliphatic rings. The van der Waals surface area contributed by atoms with Crippen LogP contribution in [0.25, 0.3) is 11.1 Å². The smallest absolute Gasteiger partial charge is 0.0960 e. The Balaban J connectivity index is 1.21. The molecule has 0 N–H and O–H groups in total. The molecule has 0 amide bonds. The molecule has 53 heavy (non-hydrogen) atoms. The van der Waals surface area contributed by atoms with Crippen molar-refractivity contribution in [1.82, 2.24) is 0 Å². The van der Waals surface area contributed by atoms with Crippen molar-refractivity contribution in [2.45, 2.75) is 97.6 Å². The van der Waals surface area contributed by atoms with E-state index in [0.717, 1.165) is 25.7 Å². The van der Waals surface area contributed by atoms with Gasteiger partial charge in [-0.15, -0.1) is 0 Å². The van der Waals surface area contributed by atoms with Crippen molar-refractivity contribution in [3.63, 3.8) is 0 Å². The highest BCUT2D eigenvalue weighted by molar-refractivity contribution is 5.91. The second kappa shape index (κ2) is 12.0. The lowest BCUT2D eigenvalue weighted by atomic mass is 9.74. The van der Waals surface area contributed by atoms with Crippen LogP contribution >= 0.6 is 0 Å². The molecular formula is C51H52N2. The predicted octanol–water partition coefficient (Wildman–Crippen LogP) is 13.6. The normalized spacial score (nSPS) is 19.5. The molecule has 2 unspecified atom stereocenters. The molecule has 2 heteroatoms. The number of benzene rings is 6. The van der Waals surface area contributed by atoms with Gasteiger partial charge in [-0.1, -0.05) is 111 Å². The molecule has 6 aromatic carbocycles. The van der Waals surface area contributed by atoms with Crippen LogP contribution in [0.15, 0.2) is 121 Å². The van der Waals surface area contributed by atoms with Gasteiger partial charge in [-0.05, 0) is 159 Å². The van der Waals surface area contributed by atoms with Crippen molar-refractivity contribution in [1.29, 1.82) is 0 Å². The molecule has 0 heterocycles. The van der Waals surface area contributed by atoms with E-state index in [9.17, 15) is 0 Å². The molecule has 0 fully saturated rings. The van der Waals surface area contributed by atoms with E-state index in [2.05, 4.69) is 187 Å². The molecule has 9 rings (SSSR count). The zero-order valence-electron chi connectivity index (χ0n) is 32.8. The summed E-state index contributed by atoms with van der Waals surface area (Å²) in [6.07, 6.45) is 4.18. The van der Waals surface area contributed by atoms with Gasteiger partial charge in [0.05, 0.1) is 11.1 Å². The first-order valence-corrected chi connectivity index (χ1v) is 19.9. The molecule has 0 aromatic heterocycles. The number of hydrogen-bond donors (Lipinski definition) is 0. The van der Waals surface area contributed by atoms with Crippen molar-refractivity contribution in [2.75, 3.05) is 9.80 Å². The first-order valence-electron chi connectivity index (χ1n) is 19.9. The summed E-state index contributed by atoms with van der Waals surface area (Å²) >= 11 is 0. The van der Waals surface area contributed by atoms with Crippen molar-refractivity contribution >= 4 is 22.7 Å². The van der Waals surface area contributed by atoms with E-state index >= 15 is 0 Å². The Hall–Kier alpha value is -5.08. The van der Waals surface area contributed by atoms with Crippen molar-refractivity contribution in [3.8, 4) is 11.1 Å². The van der Waals surface area contributed by atoms with Crippen LogP contribution in [-0.4, -0.2) is 0 Å². The van der Waals surface area contributed by atoms with Crippen LogP contribution < -0.4 is 9.80 Å². The van der Waals surface area contributed by atoms with Gasteiger partial charge in [0.2, 0.25) is 0 Å². The molecule has 2 atom stereocenters. The number of hydrogen-bond acceptors (Lipinski definition) is 2. The van der Waals surface area contributed by atoms with Crippen LogP contribution in [-0.2, 0) is 16.5 Å². The first kappa shape index (κ1) is 33.7. The Morgan fingerprint density at radius 2 is 0.604 bits per heavy atom. The second-order valence-corrected chi connectivity index (χ2v) is 16.1. The number of aryl methyl sites for hydroxylation is 4. The molecule has 2 nitrogen and oxygen atoms in total. The first-order chi connectivity index (χ1) is 25.7. The summed E-state index contributed by atoms with van der Waals surface area (Å²) in [4.78, 5) is 5.25. The van der Waals surface area contributed by atoms with E-state index in [0.29, 0.717) is 0 Å². The highest BCUT2D eigenvalue weighted by Crippen LogP contribution is 2.67. The Morgan fingerprint density at radius 1 is 0.340 bits per heavy atom. The quantitative estimate of drug-likeness (QED) is 0.141. The molecule has 3 aliphatic carbocycles. The van der Waals surface area contributed by atoms with Gasteiger partial charge >= 0.3 is 0 Å². The average Bonchev–Trinajstić information content (AvgIpc) is 4.00. The summed E-state index contributed by atoms with van der Waals surface area (Å²) in [6.45, 7) is 18.3. The zero-order valence-corrected chi connectivity index (χ0v) is 32.8. The Kier molecular flexibility index (Phi) is 7.62. The molecular weight excluding hydrogens is 641 g/mol. The van der Waals surface area contributed by atoms with Gasteiger partial charge in [0.15, 0.2) is 0 Å². The van der Waals surface area contributed by atoms with Gasteiger partial charge in [-0.2, -0.15) is 0 Å². The molecule has 0 aliphatic heterocycles. The van der Waals surface area contributed by atoms with Crippen LogP contribution in [0.4, 0.5) is 22.7 Å². The molecule has 6 aromatic rings. The van der Waals surface area contributed by atoms with E-state index < -0.39 is 0 Å².